The SMILES string of the molecule is C=CCOc1ccc(C2SCC(=O)Nc3c2c(C)nn3-c2ccc(Cl)cc2)cc1. The fourth-order valence-corrected chi connectivity index (χ4v) is 4.62. The van der Waals surface area contributed by atoms with Gasteiger partial charge in [0.05, 0.1) is 22.4 Å². The summed E-state index contributed by atoms with van der Waals surface area (Å²) in [6.45, 7) is 6.10. The van der Waals surface area contributed by atoms with Crippen molar-refractivity contribution in [2.24, 2.45) is 0 Å². The Morgan fingerprint density at radius 3 is 2.69 bits per heavy atom. The molecule has 2 heterocycles. The minimum atomic E-state index is -0.0419. The van der Waals surface area contributed by atoms with Crippen LogP contribution in [0.4, 0.5) is 5.82 Å². The minimum absolute atomic E-state index is 0.0153. The summed E-state index contributed by atoms with van der Waals surface area (Å²) in [6.07, 6.45) is 1.72. The molecular weight excluding hydrogens is 406 g/mol. The van der Waals surface area contributed by atoms with Crippen LogP contribution in [-0.2, 0) is 4.79 Å². The number of nitrogens with one attached hydrogen (secondary N) is 1. The molecule has 3 aromatic rings. The van der Waals surface area contributed by atoms with Gasteiger partial charge in [0, 0.05) is 10.6 Å². The van der Waals surface area contributed by atoms with E-state index in [1.807, 2.05) is 55.5 Å². The summed E-state index contributed by atoms with van der Waals surface area (Å²) in [4.78, 5) is 12.4. The third kappa shape index (κ3) is 4.04. The van der Waals surface area contributed by atoms with Crippen LogP contribution in [0.25, 0.3) is 5.69 Å². The van der Waals surface area contributed by atoms with Gasteiger partial charge in [-0.05, 0) is 48.9 Å². The maximum atomic E-state index is 12.4. The first-order chi connectivity index (χ1) is 14.1. The van der Waals surface area contributed by atoms with Crippen molar-refractivity contribution in [1.29, 1.82) is 0 Å². The van der Waals surface area contributed by atoms with Crippen molar-refractivity contribution in [3.05, 3.63) is 83.0 Å². The molecule has 4 rings (SSSR count). The Bertz CT molecular complexity index is 1050. The van der Waals surface area contributed by atoms with Gasteiger partial charge in [0.1, 0.15) is 18.2 Å². The van der Waals surface area contributed by atoms with Crippen molar-refractivity contribution in [3.8, 4) is 11.4 Å². The number of ether oxygens (including phenoxy) is 1. The number of amides is 1. The van der Waals surface area contributed by atoms with E-state index in [1.54, 1.807) is 22.5 Å². The number of aryl methyl sites for hydroxylation is 1. The standard InChI is InChI=1S/C22H20ClN3O2S/c1-3-12-28-18-10-4-15(5-11-18)21-20-14(2)25-26(17-8-6-16(23)7-9-17)22(20)24-19(27)13-29-21/h3-11,21H,1,12-13H2,2H3,(H,24,27). The maximum absolute atomic E-state index is 12.4. The largest absolute Gasteiger partial charge is 0.490 e. The van der Waals surface area contributed by atoms with E-state index in [9.17, 15) is 4.79 Å². The van der Waals surface area contributed by atoms with Crippen LogP contribution in [0.1, 0.15) is 22.1 Å². The van der Waals surface area contributed by atoms with Crippen LogP contribution in [-0.4, -0.2) is 28.0 Å². The van der Waals surface area contributed by atoms with Crippen LogP contribution < -0.4 is 10.1 Å². The highest BCUT2D eigenvalue weighted by Gasteiger charge is 2.30. The first kappa shape index (κ1) is 19.6. The summed E-state index contributed by atoms with van der Waals surface area (Å²) in [5.74, 6) is 1.82. The highest BCUT2D eigenvalue weighted by molar-refractivity contribution is 8.00. The number of thioether (sulfide) groups is 1. The fourth-order valence-electron chi connectivity index (χ4n) is 3.31. The van der Waals surface area contributed by atoms with E-state index in [4.69, 9.17) is 21.4 Å². The number of anilines is 1. The van der Waals surface area contributed by atoms with E-state index in [-0.39, 0.29) is 11.2 Å². The molecule has 1 aliphatic rings. The molecule has 1 unspecified atom stereocenters. The predicted octanol–water partition coefficient (Wildman–Crippen LogP) is 5.17. The molecule has 0 aliphatic carbocycles. The van der Waals surface area contributed by atoms with E-state index in [0.717, 1.165) is 28.3 Å². The molecule has 0 saturated heterocycles. The summed E-state index contributed by atoms with van der Waals surface area (Å²) >= 11 is 7.62. The Morgan fingerprint density at radius 2 is 2.00 bits per heavy atom. The topological polar surface area (TPSA) is 56.1 Å². The summed E-state index contributed by atoms with van der Waals surface area (Å²) < 4.78 is 7.36. The Kier molecular flexibility index (Phi) is 5.65. The first-order valence-electron chi connectivity index (χ1n) is 9.17. The molecule has 0 saturated carbocycles. The van der Waals surface area contributed by atoms with Crippen LogP contribution in [0, 0.1) is 6.92 Å². The third-order valence-electron chi connectivity index (χ3n) is 4.63. The van der Waals surface area contributed by atoms with Gasteiger partial charge in [-0.1, -0.05) is 36.4 Å². The normalized spacial score (nSPS) is 15.9. The smallest absolute Gasteiger partial charge is 0.235 e. The lowest BCUT2D eigenvalue weighted by Crippen LogP contribution is -2.15. The van der Waals surface area contributed by atoms with Gasteiger partial charge in [0.15, 0.2) is 0 Å². The second kappa shape index (κ2) is 8.35. The first-order valence-corrected chi connectivity index (χ1v) is 10.6. The average Bonchev–Trinajstić information content (AvgIpc) is 2.93. The second-order valence-corrected chi connectivity index (χ2v) is 8.17. The number of carbonyl (C=O) groups excluding carboxylic acids is 1. The Balaban J connectivity index is 1.76. The number of rotatable bonds is 5. The number of hydrogen-bond donors (Lipinski definition) is 1. The van der Waals surface area contributed by atoms with Crippen molar-refractivity contribution in [2.75, 3.05) is 17.7 Å². The molecule has 1 atom stereocenters. The molecule has 1 N–H and O–H groups in total. The van der Waals surface area contributed by atoms with Crippen molar-refractivity contribution in [3.63, 3.8) is 0 Å². The fraction of sp³-hybridized carbons (Fsp3) is 0.182. The van der Waals surface area contributed by atoms with Crippen LogP contribution >= 0.6 is 23.4 Å². The summed E-state index contributed by atoms with van der Waals surface area (Å²) in [7, 11) is 0. The van der Waals surface area contributed by atoms with Crippen LogP contribution in [0.3, 0.4) is 0 Å². The van der Waals surface area contributed by atoms with E-state index in [2.05, 4.69) is 11.9 Å². The highest BCUT2D eigenvalue weighted by atomic mass is 35.5. The molecule has 29 heavy (non-hydrogen) atoms. The zero-order valence-corrected chi connectivity index (χ0v) is 17.5. The molecule has 0 bridgehead atoms. The lowest BCUT2D eigenvalue weighted by Gasteiger charge is -2.16. The maximum Gasteiger partial charge on any atom is 0.235 e. The molecule has 1 amide bonds. The van der Waals surface area contributed by atoms with E-state index in [0.29, 0.717) is 23.2 Å². The van der Waals surface area contributed by atoms with E-state index < -0.39 is 0 Å². The van der Waals surface area contributed by atoms with Gasteiger partial charge in [0.25, 0.3) is 0 Å². The molecule has 0 radical (unpaired) electrons. The van der Waals surface area contributed by atoms with E-state index >= 15 is 0 Å². The number of benzene rings is 2. The molecule has 0 spiro atoms. The van der Waals surface area contributed by atoms with E-state index in [1.165, 1.54) is 0 Å². The molecule has 148 valence electrons. The summed E-state index contributed by atoms with van der Waals surface area (Å²) in [5, 5.41) is 8.39. The zero-order valence-electron chi connectivity index (χ0n) is 15.9. The highest BCUT2D eigenvalue weighted by Crippen LogP contribution is 2.44. The van der Waals surface area contributed by atoms with Gasteiger partial charge >= 0.3 is 0 Å². The second-order valence-electron chi connectivity index (χ2n) is 6.64. The quantitative estimate of drug-likeness (QED) is 0.572. The van der Waals surface area contributed by atoms with Gasteiger partial charge in [-0.2, -0.15) is 5.10 Å². The molecule has 0 fully saturated rings. The minimum Gasteiger partial charge on any atom is -0.490 e. The molecule has 2 aromatic carbocycles. The number of fused-ring (bicyclic) bond motifs is 1. The van der Waals surface area contributed by atoms with Gasteiger partial charge in [-0.25, -0.2) is 4.68 Å². The molecule has 1 aliphatic heterocycles. The van der Waals surface area contributed by atoms with Crippen molar-refractivity contribution >= 4 is 35.1 Å². The van der Waals surface area contributed by atoms with Crippen molar-refractivity contribution < 1.29 is 9.53 Å². The average molecular weight is 426 g/mol. The van der Waals surface area contributed by atoms with Gasteiger partial charge in [0.2, 0.25) is 5.91 Å². The van der Waals surface area contributed by atoms with Crippen LogP contribution in [0.15, 0.2) is 61.2 Å². The Morgan fingerprint density at radius 1 is 1.28 bits per heavy atom. The van der Waals surface area contributed by atoms with Gasteiger partial charge < -0.3 is 10.1 Å². The molecule has 1 aromatic heterocycles. The monoisotopic (exact) mass is 425 g/mol. The van der Waals surface area contributed by atoms with Crippen molar-refractivity contribution in [2.45, 2.75) is 12.2 Å². The number of nitrogens with zero attached hydrogens (tertiary/aromatic N) is 2. The Hall–Kier alpha value is -2.70. The molecule has 7 heteroatoms. The number of carbonyl (C=O) groups is 1. The number of halogens is 1. The summed E-state index contributed by atoms with van der Waals surface area (Å²) in [6, 6.07) is 15.4. The van der Waals surface area contributed by atoms with Crippen LogP contribution in [0.2, 0.25) is 5.02 Å². The van der Waals surface area contributed by atoms with Crippen LogP contribution in [0.5, 0.6) is 5.75 Å². The third-order valence-corrected chi connectivity index (χ3v) is 6.15. The number of aromatic nitrogens is 2. The predicted molar refractivity (Wildman–Crippen MR) is 118 cm³/mol. The van der Waals surface area contributed by atoms with Gasteiger partial charge in [-0.15, -0.1) is 11.8 Å². The van der Waals surface area contributed by atoms with Gasteiger partial charge in [-0.3, -0.25) is 4.79 Å². The van der Waals surface area contributed by atoms with Crippen molar-refractivity contribution in [1.82, 2.24) is 9.78 Å². The number of hydrogen-bond acceptors (Lipinski definition) is 4. The molecule has 5 nitrogen and oxygen atoms in total. The zero-order chi connectivity index (χ0) is 20.4. The lowest BCUT2D eigenvalue weighted by atomic mass is 10.0. The Labute approximate surface area is 178 Å². The summed E-state index contributed by atoms with van der Waals surface area (Å²) in [5.41, 5.74) is 3.83. The molecular formula is C22H20ClN3O2S. The lowest BCUT2D eigenvalue weighted by molar-refractivity contribution is -0.113.